The molecule has 1 aliphatic heterocycles. The van der Waals surface area contributed by atoms with Gasteiger partial charge >= 0.3 is 5.97 Å². The van der Waals surface area contributed by atoms with Gasteiger partial charge < -0.3 is 10.4 Å². The van der Waals surface area contributed by atoms with Gasteiger partial charge in [0.25, 0.3) is 0 Å². The zero-order valence-corrected chi connectivity index (χ0v) is 14.4. The molecule has 0 spiro atoms. The Balaban J connectivity index is 1.65. The lowest BCUT2D eigenvalue weighted by molar-refractivity contribution is -0.142. The molecule has 130 valence electrons. The van der Waals surface area contributed by atoms with E-state index in [2.05, 4.69) is 59.9 Å². The molecule has 0 bridgehead atoms. The first-order chi connectivity index (χ1) is 12.2. The van der Waals surface area contributed by atoms with Crippen LogP contribution in [0.2, 0.25) is 0 Å². The summed E-state index contributed by atoms with van der Waals surface area (Å²) in [7, 11) is 0. The van der Waals surface area contributed by atoms with E-state index in [4.69, 9.17) is 5.11 Å². The SMILES string of the molecule is O=C(O)[C@H]1CC[C@H](CCC=C(c2ccccc2)c2ccccc2)NC1. The molecule has 3 heteroatoms. The second-order valence-electron chi connectivity index (χ2n) is 6.64. The highest BCUT2D eigenvalue weighted by molar-refractivity contribution is 5.79. The van der Waals surface area contributed by atoms with Crippen molar-refractivity contribution in [3.63, 3.8) is 0 Å². The predicted octanol–water partition coefficient (Wildman–Crippen LogP) is 4.35. The number of carboxylic acid groups (broad SMARTS) is 1. The van der Waals surface area contributed by atoms with Gasteiger partial charge in [-0.15, -0.1) is 0 Å². The van der Waals surface area contributed by atoms with E-state index in [0.29, 0.717) is 12.6 Å². The Bertz CT molecular complexity index is 660. The number of allylic oxidation sites excluding steroid dienone is 1. The van der Waals surface area contributed by atoms with Crippen LogP contribution in [0.3, 0.4) is 0 Å². The van der Waals surface area contributed by atoms with Gasteiger partial charge in [-0.05, 0) is 42.4 Å². The van der Waals surface area contributed by atoms with Crippen LogP contribution in [-0.2, 0) is 4.79 Å². The summed E-state index contributed by atoms with van der Waals surface area (Å²) in [4.78, 5) is 11.0. The molecule has 0 saturated carbocycles. The molecule has 0 aliphatic carbocycles. The highest BCUT2D eigenvalue weighted by Crippen LogP contribution is 2.25. The summed E-state index contributed by atoms with van der Waals surface area (Å²) in [6.45, 7) is 0.591. The van der Waals surface area contributed by atoms with Gasteiger partial charge in [0.05, 0.1) is 5.92 Å². The van der Waals surface area contributed by atoms with Crippen molar-refractivity contribution in [3.05, 3.63) is 77.9 Å². The smallest absolute Gasteiger partial charge is 0.307 e. The summed E-state index contributed by atoms with van der Waals surface area (Å²) in [6, 6.07) is 21.4. The Hall–Kier alpha value is -2.39. The van der Waals surface area contributed by atoms with E-state index < -0.39 is 5.97 Å². The summed E-state index contributed by atoms with van der Waals surface area (Å²) in [5.74, 6) is -0.905. The Morgan fingerprint density at radius 1 is 1.00 bits per heavy atom. The van der Waals surface area contributed by atoms with Crippen molar-refractivity contribution < 1.29 is 9.90 Å². The van der Waals surface area contributed by atoms with E-state index in [1.54, 1.807) is 0 Å². The fraction of sp³-hybridized carbons (Fsp3) is 0.318. The molecular formula is C22H25NO2. The van der Waals surface area contributed by atoms with Crippen LogP contribution in [0.4, 0.5) is 0 Å². The van der Waals surface area contributed by atoms with Gasteiger partial charge in [0, 0.05) is 12.6 Å². The number of piperidine rings is 1. The van der Waals surface area contributed by atoms with Gasteiger partial charge in [0.2, 0.25) is 0 Å². The molecule has 0 unspecified atom stereocenters. The number of nitrogens with one attached hydrogen (secondary N) is 1. The molecule has 3 nitrogen and oxygen atoms in total. The zero-order chi connectivity index (χ0) is 17.5. The zero-order valence-electron chi connectivity index (χ0n) is 14.4. The molecule has 0 radical (unpaired) electrons. The predicted molar refractivity (Wildman–Crippen MR) is 101 cm³/mol. The summed E-state index contributed by atoms with van der Waals surface area (Å²) < 4.78 is 0. The summed E-state index contributed by atoms with van der Waals surface area (Å²) in [5, 5.41) is 12.5. The van der Waals surface area contributed by atoms with Crippen LogP contribution < -0.4 is 5.32 Å². The molecule has 1 heterocycles. The lowest BCUT2D eigenvalue weighted by Crippen LogP contribution is -2.41. The minimum Gasteiger partial charge on any atom is -0.481 e. The topological polar surface area (TPSA) is 49.3 Å². The first kappa shape index (κ1) is 17.4. The van der Waals surface area contributed by atoms with E-state index in [0.717, 1.165) is 25.7 Å². The van der Waals surface area contributed by atoms with E-state index in [1.165, 1.54) is 16.7 Å². The molecule has 1 aliphatic rings. The number of hydrogen-bond donors (Lipinski definition) is 2. The number of hydrogen-bond acceptors (Lipinski definition) is 2. The second-order valence-corrected chi connectivity index (χ2v) is 6.64. The van der Waals surface area contributed by atoms with Crippen molar-refractivity contribution in [1.82, 2.24) is 5.32 Å². The third-order valence-electron chi connectivity index (χ3n) is 4.90. The van der Waals surface area contributed by atoms with Crippen LogP contribution >= 0.6 is 0 Å². The maximum atomic E-state index is 11.0. The van der Waals surface area contributed by atoms with Crippen molar-refractivity contribution >= 4 is 11.5 Å². The molecule has 2 N–H and O–H groups in total. The van der Waals surface area contributed by atoms with Gasteiger partial charge in [-0.2, -0.15) is 0 Å². The van der Waals surface area contributed by atoms with E-state index in [9.17, 15) is 4.79 Å². The molecular weight excluding hydrogens is 310 g/mol. The van der Waals surface area contributed by atoms with Crippen LogP contribution in [0.5, 0.6) is 0 Å². The number of rotatable bonds is 6. The first-order valence-corrected chi connectivity index (χ1v) is 9.01. The van der Waals surface area contributed by atoms with Gasteiger partial charge in [-0.3, -0.25) is 4.79 Å². The van der Waals surface area contributed by atoms with Crippen LogP contribution in [0.15, 0.2) is 66.7 Å². The normalized spacial score (nSPS) is 20.0. The van der Waals surface area contributed by atoms with Crippen LogP contribution in [0.25, 0.3) is 5.57 Å². The third kappa shape index (κ3) is 4.80. The number of carboxylic acids is 1. The summed E-state index contributed by atoms with van der Waals surface area (Å²) in [5.41, 5.74) is 3.73. The molecule has 1 saturated heterocycles. The number of benzene rings is 2. The molecule has 2 aromatic carbocycles. The molecule has 25 heavy (non-hydrogen) atoms. The monoisotopic (exact) mass is 335 g/mol. The van der Waals surface area contributed by atoms with Crippen molar-refractivity contribution in [3.8, 4) is 0 Å². The molecule has 0 aromatic heterocycles. The molecule has 2 atom stereocenters. The summed E-state index contributed by atoms with van der Waals surface area (Å²) >= 11 is 0. The maximum Gasteiger partial charge on any atom is 0.307 e. The lowest BCUT2D eigenvalue weighted by Gasteiger charge is -2.27. The van der Waals surface area contributed by atoms with Gasteiger partial charge in [0.1, 0.15) is 0 Å². The molecule has 2 aromatic rings. The fourth-order valence-corrected chi connectivity index (χ4v) is 3.44. The number of aliphatic carboxylic acids is 1. The average Bonchev–Trinajstić information content (AvgIpc) is 2.67. The maximum absolute atomic E-state index is 11.0. The Morgan fingerprint density at radius 2 is 1.60 bits per heavy atom. The van der Waals surface area contributed by atoms with Gasteiger partial charge in [0.15, 0.2) is 0 Å². The fourth-order valence-electron chi connectivity index (χ4n) is 3.44. The van der Waals surface area contributed by atoms with Gasteiger partial charge in [-0.1, -0.05) is 66.7 Å². The first-order valence-electron chi connectivity index (χ1n) is 9.01. The molecule has 0 amide bonds. The standard InChI is InChI=1S/C22H25NO2/c24-22(25)19-14-15-20(23-16-19)12-7-13-21(17-8-3-1-4-9-17)18-10-5-2-6-11-18/h1-6,8-11,13,19-20,23H,7,12,14-16H2,(H,24,25)/t19-,20-/m0/s1. The average molecular weight is 335 g/mol. The minimum atomic E-state index is -0.679. The third-order valence-corrected chi connectivity index (χ3v) is 4.90. The van der Waals surface area contributed by atoms with Crippen molar-refractivity contribution in [2.75, 3.05) is 6.54 Å². The largest absolute Gasteiger partial charge is 0.481 e. The quantitative estimate of drug-likeness (QED) is 0.825. The lowest BCUT2D eigenvalue weighted by atomic mass is 9.91. The van der Waals surface area contributed by atoms with Crippen LogP contribution in [0, 0.1) is 5.92 Å². The highest BCUT2D eigenvalue weighted by atomic mass is 16.4. The van der Waals surface area contributed by atoms with Crippen LogP contribution in [-0.4, -0.2) is 23.7 Å². The highest BCUT2D eigenvalue weighted by Gasteiger charge is 2.24. The van der Waals surface area contributed by atoms with Crippen molar-refractivity contribution in [2.45, 2.75) is 31.7 Å². The van der Waals surface area contributed by atoms with Crippen molar-refractivity contribution in [1.29, 1.82) is 0 Å². The second kappa shape index (κ2) is 8.63. The van der Waals surface area contributed by atoms with Crippen molar-refractivity contribution in [2.24, 2.45) is 5.92 Å². The Kier molecular flexibility index (Phi) is 6.02. The Morgan fingerprint density at radius 3 is 2.08 bits per heavy atom. The summed E-state index contributed by atoms with van der Waals surface area (Å²) in [6.07, 6.45) is 6.05. The molecule has 1 fully saturated rings. The van der Waals surface area contributed by atoms with E-state index in [-0.39, 0.29) is 5.92 Å². The minimum absolute atomic E-state index is 0.226. The van der Waals surface area contributed by atoms with E-state index >= 15 is 0 Å². The number of carbonyl (C=O) groups is 1. The Labute approximate surface area is 149 Å². The van der Waals surface area contributed by atoms with E-state index in [1.807, 2.05) is 12.1 Å². The molecule has 3 rings (SSSR count). The van der Waals surface area contributed by atoms with Gasteiger partial charge in [-0.25, -0.2) is 0 Å². The van der Waals surface area contributed by atoms with Crippen LogP contribution in [0.1, 0.15) is 36.8 Å².